The summed E-state index contributed by atoms with van der Waals surface area (Å²) < 4.78 is 1.38. The molecule has 0 radical (unpaired) electrons. The monoisotopic (exact) mass is 273 g/mol. The summed E-state index contributed by atoms with van der Waals surface area (Å²) in [5.41, 5.74) is 1.57. The van der Waals surface area contributed by atoms with E-state index in [9.17, 15) is 0 Å². The molecular formula is C17H23NS. The first-order valence-electron chi connectivity index (χ1n) is 6.98. The van der Waals surface area contributed by atoms with Gasteiger partial charge in [0.1, 0.15) is 0 Å². The number of hydrogen-bond donors (Lipinski definition) is 1. The van der Waals surface area contributed by atoms with Crippen LogP contribution in [0.4, 0.5) is 0 Å². The van der Waals surface area contributed by atoms with Crippen molar-refractivity contribution in [1.29, 1.82) is 0 Å². The van der Waals surface area contributed by atoms with Crippen molar-refractivity contribution in [2.45, 2.75) is 26.7 Å². The molecule has 0 fully saturated rings. The van der Waals surface area contributed by atoms with Crippen molar-refractivity contribution in [3.05, 3.63) is 47.9 Å². The average molecular weight is 273 g/mol. The van der Waals surface area contributed by atoms with Gasteiger partial charge in [-0.05, 0) is 41.8 Å². The first kappa shape index (κ1) is 14.3. The van der Waals surface area contributed by atoms with Crippen LogP contribution in [0.15, 0.2) is 42.3 Å². The van der Waals surface area contributed by atoms with Crippen molar-refractivity contribution >= 4 is 21.4 Å². The minimum Gasteiger partial charge on any atom is -0.316 e. The van der Waals surface area contributed by atoms with Crippen LogP contribution >= 0.6 is 11.3 Å². The molecule has 1 heterocycles. The quantitative estimate of drug-likeness (QED) is 0.572. The Morgan fingerprint density at radius 3 is 2.89 bits per heavy atom. The standard InChI is InChI=1S/C17H23NS/c1-4-10-18-13-17(3,5-2)11-14-12-19-16-9-7-6-8-15(14)16/h5-9,12,18H,2,4,10-11,13H2,1,3H3. The lowest BCUT2D eigenvalue weighted by atomic mass is 9.83. The molecule has 1 unspecified atom stereocenters. The number of benzene rings is 1. The largest absolute Gasteiger partial charge is 0.316 e. The molecule has 1 nitrogen and oxygen atoms in total. The van der Waals surface area contributed by atoms with Crippen molar-refractivity contribution < 1.29 is 0 Å². The molecule has 0 saturated carbocycles. The van der Waals surface area contributed by atoms with Crippen molar-refractivity contribution in [2.75, 3.05) is 13.1 Å². The van der Waals surface area contributed by atoms with Gasteiger partial charge >= 0.3 is 0 Å². The average Bonchev–Trinajstić information content (AvgIpc) is 2.82. The van der Waals surface area contributed by atoms with Gasteiger partial charge in [-0.2, -0.15) is 0 Å². The van der Waals surface area contributed by atoms with Crippen LogP contribution in [0.25, 0.3) is 10.1 Å². The Labute approximate surface area is 120 Å². The van der Waals surface area contributed by atoms with Crippen molar-refractivity contribution in [3.8, 4) is 0 Å². The van der Waals surface area contributed by atoms with E-state index in [0.29, 0.717) is 0 Å². The van der Waals surface area contributed by atoms with Gasteiger partial charge in [-0.25, -0.2) is 0 Å². The summed E-state index contributed by atoms with van der Waals surface area (Å²) in [5, 5.41) is 7.22. The predicted molar refractivity (Wildman–Crippen MR) is 87.0 cm³/mol. The molecule has 102 valence electrons. The van der Waals surface area contributed by atoms with Gasteiger partial charge in [0.25, 0.3) is 0 Å². The van der Waals surface area contributed by atoms with Gasteiger partial charge in [0.05, 0.1) is 0 Å². The van der Waals surface area contributed by atoms with Crippen LogP contribution in [0, 0.1) is 5.41 Å². The van der Waals surface area contributed by atoms with Gasteiger partial charge in [-0.15, -0.1) is 17.9 Å². The van der Waals surface area contributed by atoms with Crippen LogP contribution < -0.4 is 5.32 Å². The molecule has 0 saturated heterocycles. The Morgan fingerprint density at radius 1 is 1.37 bits per heavy atom. The molecule has 2 aromatic rings. The molecule has 1 N–H and O–H groups in total. The lowest BCUT2D eigenvalue weighted by Gasteiger charge is -2.26. The molecule has 2 rings (SSSR count). The highest BCUT2D eigenvalue weighted by Crippen LogP contribution is 2.31. The summed E-state index contributed by atoms with van der Waals surface area (Å²) in [4.78, 5) is 0. The van der Waals surface area contributed by atoms with E-state index in [2.05, 4.69) is 61.5 Å². The fourth-order valence-corrected chi connectivity index (χ4v) is 3.33. The predicted octanol–water partition coefficient (Wildman–Crippen LogP) is 4.64. The SMILES string of the molecule is C=CC(C)(CNCCC)Cc1csc2ccccc12. The summed E-state index contributed by atoms with van der Waals surface area (Å²) in [6.45, 7) is 10.6. The van der Waals surface area contributed by atoms with E-state index < -0.39 is 0 Å². The maximum Gasteiger partial charge on any atom is 0.0345 e. The molecule has 0 aliphatic carbocycles. The van der Waals surface area contributed by atoms with Gasteiger partial charge in [-0.1, -0.05) is 38.1 Å². The third-order valence-electron chi connectivity index (χ3n) is 3.60. The van der Waals surface area contributed by atoms with E-state index >= 15 is 0 Å². The number of fused-ring (bicyclic) bond motifs is 1. The van der Waals surface area contributed by atoms with E-state index in [4.69, 9.17) is 0 Å². The van der Waals surface area contributed by atoms with E-state index in [-0.39, 0.29) is 5.41 Å². The zero-order valence-corrected chi connectivity index (χ0v) is 12.7. The van der Waals surface area contributed by atoms with Crippen molar-refractivity contribution in [2.24, 2.45) is 5.41 Å². The molecule has 1 aromatic carbocycles. The minimum absolute atomic E-state index is 0.124. The van der Waals surface area contributed by atoms with E-state index in [1.54, 1.807) is 0 Å². The molecular weight excluding hydrogens is 250 g/mol. The van der Waals surface area contributed by atoms with Gasteiger partial charge in [0, 0.05) is 16.7 Å². The molecule has 0 amide bonds. The van der Waals surface area contributed by atoms with Crippen LogP contribution in [-0.2, 0) is 6.42 Å². The Balaban J connectivity index is 2.15. The second-order valence-corrected chi connectivity index (χ2v) is 6.38. The summed E-state index contributed by atoms with van der Waals surface area (Å²) in [5.74, 6) is 0. The highest BCUT2D eigenvalue weighted by Gasteiger charge is 2.21. The summed E-state index contributed by atoms with van der Waals surface area (Å²) >= 11 is 1.84. The Morgan fingerprint density at radius 2 is 2.16 bits per heavy atom. The highest BCUT2D eigenvalue weighted by molar-refractivity contribution is 7.17. The lowest BCUT2D eigenvalue weighted by Crippen LogP contribution is -2.32. The fraction of sp³-hybridized carbons (Fsp3) is 0.412. The van der Waals surface area contributed by atoms with Crippen LogP contribution in [-0.4, -0.2) is 13.1 Å². The first-order chi connectivity index (χ1) is 9.18. The highest BCUT2D eigenvalue weighted by atomic mass is 32.1. The van der Waals surface area contributed by atoms with Crippen LogP contribution in [0.1, 0.15) is 25.8 Å². The Hall–Kier alpha value is -1.12. The van der Waals surface area contributed by atoms with Gasteiger partial charge < -0.3 is 5.32 Å². The molecule has 0 aliphatic rings. The van der Waals surface area contributed by atoms with Gasteiger partial charge in [0.15, 0.2) is 0 Å². The van der Waals surface area contributed by atoms with Gasteiger partial charge in [-0.3, -0.25) is 0 Å². The molecule has 0 aliphatic heterocycles. The van der Waals surface area contributed by atoms with Crippen LogP contribution in [0.5, 0.6) is 0 Å². The van der Waals surface area contributed by atoms with Crippen LogP contribution in [0.2, 0.25) is 0 Å². The van der Waals surface area contributed by atoms with Crippen molar-refractivity contribution in [1.82, 2.24) is 5.32 Å². The third kappa shape index (κ3) is 3.46. The molecule has 1 aromatic heterocycles. The molecule has 1 atom stereocenters. The second-order valence-electron chi connectivity index (χ2n) is 5.47. The summed E-state index contributed by atoms with van der Waals surface area (Å²) in [6, 6.07) is 8.66. The maximum atomic E-state index is 4.04. The second kappa shape index (κ2) is 6.36. The number of hydrogen-bond acceptors (Lipinski definition) is 2. The lowest BCUT2D eigenvalue weighted by molar-refractivity contribution is 0.393. The Bertz CT molecular complexity index is 543. The topological polar surface area (TPSA) is 12.0 Å². The van der Waals surface area contributed by atoms with E-state index in [0.717, 1.165) is 19.5 Å². The fourth-order valence-electron chi connectivity index (χ4n) is 2.36. The van der Waals surface area contributed by atoms with E-state index in [1.807, 2.05) is 11.3 Å². The first-order valence-corrected chi connectivity index (χ1v) is 7.86. The zero-order chi connectivity index (χ0) is 13.7. The third-order valence-corrected chi connectivity index (χ3v) is 4.62. The molecule has 0 bridgehead atoms. The number of rotatable bonds is 7. The van der Waals surface area contributed by atoms with E-state index in [1.165, 1.54) is 22.1 Å². The Kier molecular flexibility index (Phi) is 4.78. The molecule has 2 heteroatoms. The number of thiophene rings is 1. The molecule has 19 heavy (non-hydrogen) atoms. The maximum absolute atomic E-state index is 4.04. The molecule has 0 spiro atoms. The van der Waals surface area contributed by atoms with Gasteiger partial charge in [0.2, 0.25) is 0 Å². The van der Waals surface area contributed by atoms with Crippen molar-refractivity contribution in [3.63, 3.8) is 0 Å². The smallest absolute Gasteiger partial charge is 0.0345 e. The minimum atomic E-state index is 0.124. The summed E-state index contributed by atoms with van der Waals surface area (Å²) in [7, 11) is 0. The zero-order valence-electron chi connectivity index (χ0n) is 11.9. The summed E-state index contributed by atoms with van der Waals surface area (Å²) in [6.07, 6.45) is 4.33. The van der Waals surface area contributed by atoms with Crippen LogP contribution in [0.3, 0.4) is 0 Å². The number of nitrogens with one attached hydrogen (secondary N) is 1. The normalized spacial score (nSPS) is 14.4.